The van der Waals surface area contributed by atoms with E-state index in [-0.39, 0.29) is 5.91 Å². The highest BCUT2D eigenvalue weighted by molar-refractivity contribution is 5.90. The lowest BCUT2D eigenvalue weighted by Crippen LogP contribution is -2.33. The second kappa shape index (κ2) is 5.12. The largest absolute Gasteiger partial charge is 0.378 e. The number of carbonyl (C=O) groups is 1. The summed E-state index contributed by atoms with van der Waals surface area (Å²) in [6, 6.07) is 0. The molecular formula is C11H17N3O2. The normalized spacial score (nSPS) is 23.8. The maximum atomic E-state index is 11.6. The molecule has 0 aliphatic heterocycles. The predicted octanol–water partition coefficient (Wildman–Crippen LogP) is 1.55. The van der Waals surface area contributed by atoms with Crippen LogP contribution in [-0.2, 0) is 9.53 Å². The molecular weight excluding hydrogens is 206 g/mol. The summed E-state index contributed by atoms with van der Waals surface area (Å²) in [5.74, 6) is 0.532. The van der Waals surface area contributed by atoms with Crippen LogP contribution < -0.4 is 5.32 Å². The number of hydrogen-bond acceptors (Lipinski definition) is 3. The van der Waals surface area contributed by atoms with Gasteiger partial charge in [-0.15, -0.1) is 0 Å². The molecule has 1 fully saturated rings. The van der Waals surface area contributed by atoms with Crippen LogP contribution in [0.1, 0.15) is 26.2 Å². The van der Waals surface area contributed by atoms with Gasteiger partial charge in [-0.3, -0.25) is 9.89 Å². The minimum Gasteiger partial charge on any atom is -0.378 e. The minimum absolute atomic E-state index is 0.0568. The summed E-state index contributed by atoms with van der Waals surface area (Å²) in [5.41, 5.74) is 0.727. The highest BCUT2D eigenvalue weighted by Crippen LogP contribution is 2.32. The monoisotopic (exact) mass is 223 g/mol. The van der Waals surface area contributed by atoms with Crippen LogP contribution in [0, 0.1) is 5.92 Å². The molecule has 0 radical (unpaired) electrons. The molecule has 1 amide bonds. The first-order valence-electron chi connectivity index (χ1n) is 5.68. The fourth-order valence-electron chi connectivity index (χ4n) is 2.01. The van der Waals surface area contributed by atoms with Crippen molar-refractivity contribution < 1.29 is 9.53 Å². The highest BCUT2D eigenvalue weighted by Gasteiger charge is 2.30. The lowest BCUT2D eigenvalue weighted by molar-refractivity contribution is -0.119. The first kappa shape index (κ1) is 11.1. The van der Waals surface area contributed by atoms with Gasteiger partial charge < -0.3 is 10.1 Å². The quantitative estimate of drug-likeness (QED) is 0.796. The van der Waals surface area contributed by atoms with Crippen molar-refractivity contribution in [1.82, 2.24) is 10.2 Å². The Hall–Kier alpha value is -1.36. The van der Waals surface area contributed by atoms with E-state index >= 15 is 0 Å². The molecule has 0 spiro atoms. The summed E-state index contributed by atoms with van der Waals surface area (Å²) >= 11 is 0. The average Bonchev–Trinajstić information content (AvgIpc) is 2.67. The fraction of sp³-hybridized carbons (Fsp3) is 0.636. The number of nitrogens with zero attached hydrogens (tertiary/aromatic N) is 1. The van der Waals surface area contributed by atoms with Crippen molar-refractivity contribution in [2.45, 2.75) is 32.3 Å². The van der Waals surface area contributed by atoms with E-state index in [2.05, 4.69) is 15.5 Å². The molecule has 0 unspecified atom stereocenters. The maximum Gasteiger partial charge on any atom is 0.224 e. The molecule has 1 aromatic heterocycles. The van der Waals surface area contributed by atoms with Gasteiger partial charge in [0.15, 0.2) is 0 Å². The number of nitrogens with one attached hydrogen (secondary N) is 2. The number of anilines is 1. The molecule has 1 heterocycles. The molecule has 2 N–H and O–H groups in total. The molecule has 0 bridgehead atoms. The summed E-state index contributed by atoms with van der Waals surface area (Å²) in [6.07, 6.45) is 6.23. The van der Waals surface area contributed by atoms with E-state index in [4.69, 9.17) is 4.74 Å². The van der Waals surface area contributed by atoms with E-state index in [1.54, 1.807) is 12.4 Å². The van der Waals surface area contributed by atoms with Gasteiger partial charge in [-0.2, -0.15) is 5.10 Å². The van der Waals surface area contributed by atoms with Crippen molar-refractivity contribution in [2.24, 2.45) is 5.92 Å². The second-order valence-electron chi connectivity index (χ2n) is 4.15. The van der Waals surface area contributed by atoms with Gasteiger partial charge in [0, 0.05) is 19.2 Å². The second-order valence-corrected chi connectivity index (χ2v) is 4.15. The van der Waals surface area contributed by atoms with Gasteiger partial charge in [0.05, 0.1) is 18.0 Å². The van der Waals surface area contributed by atoms with Crippen molar-refractivity contribution >= 4 is 11.6 Å². The number of ether oxygens (including phenoxy) is 1. The summed E-state index contributed by atoms with van der Waals surface area (Å²) in [4.78, 5) is 11.6. The summed E-state index contributed by atoms with van der Waals surface area (Å²) in [7, 11) is 0. The highest BCUT2D eigenvalue weighted by atomic mass is 16.5. The summed E-state index contributed by atoms with van der Waals surface area (Å²) < 4.78 is 5.45. The van der Waals surface area contributed by atoms with Crippen molar-refractivity contribution in [3.8, 4) is 0 Å². The molecule has 5 nitrogen and oxygen atoms in total. The van der Waals surface area contributed by atoms with Gasteiger partial charge in [0.1, 0.15) is 0 Å². The Bertz CT molecular complexity index is 331. The number of rotatable bonds is 5. The van der Waals surface area contributed by atoms with E-state index in [9.17, 15) is 4.79 Å². The third kappa shape index (κ3) is 2.82. The molecule has 1 aliphatic carbocycles. The van der Waals surface area contributed by atoms with Gasteiger partial charge in [0.25, 0.3) is 0 Å². The zero-order valence-corrected chi connectivity index (χ0v) is 9.40. The van der Waals surface area contributed by atoms with Crippen LogP contribution in [0.15, 0.2) is 12.4 Å². The predicted molar refractivity (Wildman–Crippen MR) is 60.0 cm³/mol. The molecule has 5 heteroatoms. The zero-order valence-electron chi connectivity index (χ0n) is 9.40. The molecule has 1 aromatic rings. The van der Waals surface area contributed by atoms with Crippen LogP contribution in [0.2, 0.25) is 0 Å². The Kier molecular flexibility index (Phi) is 3.56. The van der Waals surface area contributed by atoms with Crippen molar-refractivity contribution in [1.29, 1.82) is 0 Å². The van der Waals surface area contributed by atoms with Crippen LogP contribution in [0.3, 0.4) is 0 Å². The van der Waals surface area contributed by atoms with Gasteiger partial charge in [0.2, 0.25) is 5.91 Å². The molecule has 1 aliphatic rings. The van der Waals surface area contributed by atoms with Gasteiger partial charge >= 0.3 is 0 Å². The Morgan fingerprint density at radius 3 is 3.12 bits per heavy atom. The number of carbonyl (C=O) groups excluding carboxylic acids is 1. The SMILES string of the molecule is CCOC1CC(CC(=O)Nc2cn[nH]c2)C1. The number of amides is 1. The third-order valence-electron chi connectivity index (χ3n) is 2.85. The van der Waals surface area contributed by atoms with Crippen LogP contribution >= 0.6 is 0 Å². The molecule has 0 saturated heterocycles. The molecule has 0 atom stereocenters. The smallest absolute Gasteiger partial charge is 0.224 e. The summed E-state index contributed by atoms with van der Waals surface area (Å²) in [6.45, 7) is 2.76. The standard InChI is InChI=1S/C11H17N3O2/c1-2-16-10-3-8(4-10)5-11(15)14-9-6-12-13-7-9/h6-8,10H,2-5H2,1H3,(H,12,13)(H,14,15). The number of aromatic amines is 1. The fourth-order valence-corrected chi connectivity index (χ4v) is 2.01. The van der Waals surface area contributed by atoms with Crippen LogP contribution in [0.4, 0.5) is 5.69 Å². The molecule has 1 saturated carbocycles. The van der Waals surface area contributed by atoms with Crippen LogP contribution in [0.5, 0.6) is 0 Å². The van der Waals surface area contributed by atoms with E-state index < -0.39 is 0 Å². The topological polar surface area (TPSA) is 67.0 Å². The lowest BCUT2D eigenvalue weighted by Gasteiger charge is -2.34. The van der Waals surface area contributed by atoms with Crippen molar-refractivity contribution in [3.63, 3.8) is 0 Å². The van der Waals surface area contributed by atoms with E-state index in [0.29, 0.717) is 18.4 Å². The molecule has 2 rings (SSSR count). The van der Waals surface area contributed by atoms with Gasteiger partial charge in [-0.05, 0) is 25.7 Å². The summed E-state index contributed by atoms with van der Waals surface area (Å²) in [5, 5.41) is 9.22. The Morgan fingerprint density at radius 1 is 1.69 bits per heavy atom. The Labute approximate surface area is 94.6 Å². The van der Waals surface area contributed by atoms with Crippen LogP contribution in [0.25, 0.3) is 0 Å². The van der Waals surface area contributed by atoms with Gasteiger partial charge in [-0.1, -0.05) is 0 Å². The third-order valence-corrected chi connectivity index (χ3v) is 2.85. The van der Waals surface area contributed by atoms with E-state index in [1.165, 1.54) is 0 Å². The van der Waals surface area contributed by atoms with Crippen LogP contribution in [-0.4, -0.2) is 28.8 Å². The first-order valence-corrected chi connectivity index (χ1v) is 5.68. The number of aromatic nitrogens is 2. The van der Waals surface area contributed by atoms with Crippen molar-refractivity contribution in [3.05, 3.63) is 12.4 Å². The minimum atomic E-state index is 0.0568. The molecule has 0 aromatic carbocycles. The maximum absolute atomic E-state index is 11.6. The lowest BCUT2D eigenvalue weighted by atomic mass is 9.80. The number of H-pyrrole nitrogens is 1. The first-order chi connectivity index (χ1) is 7.78. The van der Waals surface area contributed by atoms with E-state index in [0.717, 1.165) is 25.1 Å². The molecule has 88 valence electrons. The number of hydrogen-bond donors (Lipinski definition) is 2. The van der Waals surface area contributed by atoms with E-state index in [1.807, 2.05) is 6.92 Å². The Balaban J connectivity index is 1.66. The zero-order chi connectivity index (χ0) is 11.4. The van der Waals surface area contributed by atoms with Gasteiger partial charge in [-0.25, -0.2) is 0 Å². The average molecular weight is 223 g/mol. The Morgan fingerprint density at radius 2 is 2.50 bits per heavy atom. The van der Waals surface area contributed by atoms with Crippen molar-refractivity contribution in [2.75, 3.05) is 11.9 Å². The molecule has 16 heavy (non-hydrogen) atoms.